The predicted molar refractivity (Wildman–Crippen MR) is 66.2 cm³/mol. The van der Waals surface area contributed by atoms with Crippen LogP contribution in [0.5, 0.6) is 0 Å². The van der Waals surface area contributed by atoms with Crippen molar-refractivity contribution in [2.75, 3.05) is 12.4 Å². The molecular formula is C11H9Cl2NO3. The predicted octanol–water partition coefficient (Wildman–Crippen LogP) is 2.66. The van der Waals surface area contributed by atoms with Crippen molar-refractivity contribution in [3.05, 3.63) is 40.4 Å². The van der Waals surface area contributed by atoms with Gasteiger partial charge >= 0.3 is 5.97 Å². The maximum Gasteiger partial charge on any atom is 0.330 e. The van der Waals surface area contributed by atoms with Crippen molar-refractivity contribution in [2.45, 2.75) is 0 Å². The van der Waals surface area contributed by atoms with Crippen LogP contribution in [0.1, 0.15) is 0 Å². The Kier molecular flexibility index (Phi) is 5.00. The monoisotopic (exact) mass is 273 g/mol. The van der Waals surface area contributed by atoms with Gasteiger partial charge in [-0.05, 0) is 18.2 Å². The van der Waals surface area contributed by atoms with Gasteiger partial charge in [0.25, 0.3) is 0 Å². The number of ether oxygens (including phenoxy) is 1. The molecule has 1 rings (SSSR count). The molecule has 1 N–H and O–H groups in total. The van der Waals surface area contributed by atoms with Crippen LogP contribution < -0.4 is 5.32 Å². The van der Waals surface area contributed by atoms with Gasteiger partial charge in [0.2, 0.25) is 5.91 Å². The Bertz CT molecular complexity index is 452. The van der Waals surface area contributed by atoms with Crippen molar-refractivity contribution in [3.8, 4) is 0 Å². The molecule has 0 aliphatic rings. The fourth-order valence-electron chi connectivity index (χ4n) is 1.02. The number of halogens is 2. The van der Waals surface area contributed by atoms with Gasteiger partial charge < -0.3 is 10.1 Å². The van der Waals surface area contributed by atoms with Gasteiger partial charge in [-0.3, -0.25) is 4.79 Å². The SMILES string of the molecule is COC(=O)C=CC(=O)Nc1cc(Cl)cc(Cl)c1. The van der Waals surface area contributed by atoms with Gasteiger partial charge in [-0.2, -0.15) is 0 Å². The summed E-state index contributed by atoms with van der Waals surface area (Å²) in [7, 11) is 1.22. The largest absolute Gasteiger partial charge is 0.466 e. The first-order valence-corrected chi connectivity index (χ1v) is 5.30. The molecular weight excluding hydrogens is 265 g/mol. The Morgan fingerprint density at radius 1 is 1.18 bits per heavy atom. The minimum atomic E-state index is -0.607. The number of nitrogens with one attached hydrogen (secondary N) is 1. The van der Waals surface area contributed by atoms with Gasteiger partial charge in [0.15, 0.2) is 0 Å². The van der Waals surface area contributed by atoms with E-state index in [0.717, 1.165) is 12.2 Å². The standard InChI is InChI=1S/C11H9Cl2NO3/c1-17-11(16)3-2-10(15)14-9-5-7(12)4-8(13)6-9/h2-6H,1H3,(H,14,15). The molecule has 90 valence electrons. The van der Waals surface area contributed by atoms with E-state index >= 15 is 0 Å². The van der Waals surface area contributed by atoms with Crippen molar-refractivity contribution < 1.29 is 14.3 Å². The molecule has 0 bridgehead atoms. The van der Waals surface area contributed by atoms with Crippen LogP contribution in [0.4, 0.5) is 5.69 Å². The number of hydrogen-bond donors (Lipinski definition) is 1. The van der Waals surface area contributed by atoms with Crippen LogP contribution in [-0.2, 0) is 14.3 Å². The third-order valence-electron chi connectivity index (χ3n) is 1.70. The van der Waals surface area contributed by atoms with Crippen LogP contribution in [0.3, 0.4) is 0 Å². The first-order valence-electron chi connectivity index (χ1n) is 4.54. The average Bonchev–Trinajstić information content (AvgIpc) is 2.24. The molecule has 0 saturated heterocycles. The van der Waals surface area contributed by atoms with Crippen LogP contribution in [0.2, 0.25) is 10.0 Å². The Labute approximate surface area is 108 Å². The maximum atomic E-state index is 11.4. The highest BCUT2D eigenvalue weighted by atomic mass is 35.5. The van der Waals surface area contributed by atoms with Crippen molar-refractivity contribution in [1.82, 2.24) is 0 Å². The van der Waals surface area contributed by atoms with E-state index in [0.29, 0.717) is 15.7 Å². The summed E-state index contributed by atoms with van der Waals surface area (Å²) in [5.74, 6) is -1.09. The first-order chi connectivity index (χ1) is 8.01. The number of esters is 1. The molecule has 1 aromatic rings. The summed E-state index contributed by atoms with van der Waals surface area (Å²) >= 11 is 11.5. The molecule has 17 heavy (non-hydrogen) atoms. The number of rotatable bonds is 3. The highest BCUT2D eigenvalue weighted by molar-refractivity contribution is 6.35. The van der Waals surface area contributed by atoms with E-state index in [1.807, 2.05) is 0 Å². The summed E-state index contributed by atoms with van der Waals surface area (Å²) in [6, 6.07) is 4.62. The normalized spacial score (nSPS) is 10.3. The number of carbonyl (C=O) groups excluding carboxylic acids is 2. The number of methoxy groups -OCH3 is 1. The van der Waals surface area contributed by atoms with Gasteiger partial charge in [0.05, 0.1) is 7.11 Å². The molecule has 0 radical (unpaired) electrons. The van der Waals surface area contributed by atoms with E-state index in [9.17, 15) is 9.59 Å². The van der Waals surface area contributed by atoms with Gasteiger partial charge in [-0.1, -0.05) is 23.2 Å². The quantitative estimate of drug-likeness (QED) is 0.681. The molecule has 1 amide bonds. The molecule has 0 aliphatic carbocycles. The fourth-order valence-corrected chi connectivity index (χ4v) is 1.55. The molecule has 1 aromatic carbocycles. The summed E-state index contributed by atoms with van der Waals surface area (Å²) < 4.78 is 4.34. The van der Waals surface area contributed by atoms with Crippen LogP contribution in [-0.4, -0.2) is 19.0 Å². The van der Waals surface area contributed by atoms with Crippen LogP contribution in [0.25, 0.3) is 0 Å². The van der Waals surface area contributed by atoms with E-state index in [1.54, 1.807) is 6.07 Å². The van der Waals surface area contributed by atoms with E-state index in [4.69, 9.17) is 23.2 Å². The zero-order valence-corrected chi connectivity index (χ0v) is 10.4. The topological polar surface area (TPSA) is 55.4 Å². The lowest BCUT2D eigenvalue weighted by Gasteiger charge is -2.03. The molecule has 0 spiro atoms. The number of hydrogen-bond acceptors (Lipinski definition) is 3. The van der Waals surface area contributed by atoms with Gasteiger partial charge in [-0.25, -0.2) is 4.79 Å². The summed E-state index contributed by atoms with van der Waals surface area (Å²) in [6.07, 6.45) is 2.07. The van der Waals surface area contributed by atoms with Gasteiger partial charge in [-0.15, -0.1) is 0 Å². The first kappa shape index (κ1) is 13.5. The highest BCUT2D eigenvalue weighted by Gasteiger charge is 2.02. The molecule has 0 aliphatic heterocycles. The smallest absolute Gasteiger partial charge is 0.330 e. The third-order valence-corrected chi connectivity index (χ3v) is 2.14. The zero-order valence-electron chi connectivity index (χ0n) is 8.87. The van der Waals surface area contributed by atoms with Crippen LogP contribution in [0.15, 0.2) is 30.4 Å². The summed E-state index contributed by atoms with van der Waals surface area (Å²) in [6.45, 7) is 0. The third kappa shape index (κ3) is 4.89. The van der Waals surface area contributed by atoms with Gasteiger partial charge in [0, 0.05) is 27.9 Å². The Morgan fingerprint density at radius 3 is 2.29 bits per heavy atom. The Morgan fingerprint density at radius 2 is 1.76 bits per heavy atom. The second-order valence-corrected chi connectivity index (χ2v) is 3.88. The molecule has 0 atom stereocenters. The maximum absolute atomic E-state index is 11.4. The number of benzene rings is 1. The average molecular weight is 274 g/mol. The van der Waals surface area contributed by atoms with E-state index < -0.39 is 11.9 Å². The van der Waals surface area contributed by atoms with E-state index in [-0.39, 0.29) is 0 Å². The molecule has 0 heterocycles. The minimum Gasteiger partial charge on any atom is -0.466 e. The van der Waals surface area contributed by atoms with Crippen LogP contribution >= 0.6 is 23.2 Å². The lowest BCUT2D eigenvalue weighted by molar-refractivity contribution is -0.135. The number of anilines is 1. The van der Waals surface area contributed by atoms with Crippen molar-refractivity contribution in [2.24, 2.45) is 0 Å². The van der Waals surface area contributed by atoms with Crippen LogP contribution in [0, 0.1) is 0 Å². The Hall–Kier alpha value is -1.52. The molecule has 0 fully saturated rings. The second-order valence-electron chi connectivity index (χ2n) is 3.00. The molecule has 0 saturated carbocycles. The zero-order chi connectivity index (χ0) is 12.8. The second kappa shape index (κ2) is 6.27. The summed E-state index contributed by atoms with van der Waals surface area (Å²) in [4.78, 5) is 22.1. The Balaban J connectivity index is 2.68. The minimum absolute atomic E-state index is 0.407. The van der Waals surface area contributed by atoms with Crippen molar-refractivity contribution in [1.29, 1.82) is 0 Å². The summed E-state index contributed by atoms with van der Waals surface area (Å²) in [5.41, 5.74) is 0.446. The highest BCUT2D eigenvalue weighted by Crippen LogP contribution is 2.22. The molecule has 0 aromatic heterocycles. The van der Waals surface area contributed by atoms with Crippen molar-refractivity contribution in [3.63, 3.8) is 0 Å². The number of carbonyl (C=O) groups is 2. The fraction of sp³-hybridized carbons (Fsp3) is 0.0909. The molecule has 0 unspecified atom stereocenters. The molecule has 4 nitrogen and oxygen atoms in total. The molecule has 6 heteroatoms. The summed E-state index contributed by atoms with van der Waals surface area (Å²) in [5, 5.41) is 3.31. The lowest BCUT2D eigenvalue weighted by Crippen LogP contribution is -2.09. The van der Waals surface area contributed by atoms with E-state index in [1.165, 1.54) is 19.2 Å². The lowest BCUT2D eigenvalue weighted by atomic mass is 10.3. The van der Waals surface area contributed by atoms with E-state index in [2.05, 4.69) is 10.1 Å². The van der Waals surface area contributed by atoms with Crippen molar-refractivity contribution >= 4 is 40.8 Å². The number of amides is 1. The van der Waals surface area contributed by atoms with Gasteiger partial charge in [0.1, 0.15) is 0 Å².